The highest BCUT2D eigenvalue weighted by molar-refractivity contribution is 6.30. The standard InChI is InChI=1S/C15H16ClN3O2/c1-19(2)14-9-10(8-13(16)18-14)15(20)17-11-4-6-12(21-3)7-5-11/h4-9H,1-3H3,(H,17,20). The topological polar surface area (TPSA) is 54.5 Å². The van der Waals surface area contributed by atoms with Gasteiger partial charge in [-0.1, -0.05) is 11.6 Å². The van der Waals surface area contributed by atoms with Crippen molar-refractivity contribution in [1.29, 1.82) is 0 Å². The van der Waals surface area contributed by atoms with Crippen LogP contribution in [0.3, 0.4) is 0 Å². The van der Waals surface area contributed by atoms with E-state index < -0.39 is 0 Å². The van der Waals surface area contributed by atoms with Crippen LogP contribution in [0.25, 0.3) is 0 Å². The number of nitrogens with zero attached hydrogens (tertiary/aromatic N) is 2. The Morgan fingerprint density at radius 1 is 1.24 bits per heavy atom. The van der Waals surface area contributed by atoms with E-state index in [1.165, 1.54) is 6.07 Å². The Morgan fingerprint density at radius 2 is 1.90 bits per heavy atom. The predicted molar refractivity (Wildman–Crippen MR) is 84.5 cm³/mol. The minimum atomic E-state index is -0.243. The van der Waals surface area contributed by atoms with Gasteiger partial charge in [0, 0.05) is 25.3 Å². The lowest BCUT2D eigenvalue weighted by atomic mass is 10.2. The smallest absolute Gasteiger partial charge is 0.255 e. The molecule has 0 fully saturated rings. The van der Waals surface area contributed by atoms with Crippen LogP contribution in [0.2, 0.25) is 5.15 Å². The van der Waals surface area contributed by atoms with E-state index >= 15 is 0 Å². The van der Waals surface area contributed by atoms with Gasteiger partial charge >= 0.3 is 0 Å². The molecule has 0 aliphatic rings. The largest absolute Gasteiger partial charge is 0.497 e. The zero-order chi connectivity index (χ0) is 15.4. The highest BCUT2D eigenvalue weighted by Gasteiger charge is 2.10. The summed E-state index contributed by atoms with van der Waals surface area (Å²) in [5.74, 6) is 1.12. The van der Waals surface area contributed by atoms with E-state index in [0.717, 1.165) is 5.75 Å². The first-order valence-electron chi connectivity index (χ1n) is 6.30. The molecule has 6 heteroatoms. The number of anilines is 2. The number of methoxy groups -OCH3 is 1. The summed E-state index contributed by atoms with van der Waals surface area (Å²) in [6, 6.07) is 10.3. The second-order valence-corrected chi connectivity index (χ2v) is 5.00. The summed E-state index contributed by atoms with van der Waals surface area (Å²) in [6.45, 7) is 0. The van der Waals surface area contributed by atoms with Crippen molar-refractivity contribution in [2.24, 2.45) is 0 Å². The van der Waals surface area contributed by atoms with Gasteiger partial charge in [0.2, 0.25) is 0 Å². The van der Waals surface area contributed by atoms with Crippen LogP contribution in [0.5, 0.6) is 5.75 Å². The molecule has 110 valence electrons. The summed E-state index contributed by atoms with van der Waals surface area (Å²) in [6.07, 6.45) is 0. The summed E-state index contributed by atoms with van der Waals surface area (Å²) in [5.41, 5.74) is 1.13. The van der Waals surface area contributed by atoms with E-state index in [9.17, 15) is 4.79 Å². The molecule has 0 spiro atoms. The van der Waals surface area contributed by atoms with Gasteiger partial charge in [0.1, 0.15) is 16.7 Å². The van der Waals surface area contributed by atoms with Gasteiger partial charge in [-0.25, -0.2) is 4.98 Å². The molecule has 1 aromatic heterocycles. The van der Waals surface area contributed by atoms with Crippen LogP contribution in [-0.2, 0) is 0 Å². The lowest BCUT2D eigenvalue weighted by Gasteiger charge is -2.13. The fraction of sp³-hybridized carbons (Fsp3) is 0.200. The molecule has 0 unspecified atom stereocenters. The second kappa shape index (κ2) is 6.45. The highest BCUT2D eigenvalue weighted by Crippen LogP contribution is 2.19. The molecule has 0 saturated carbocycles. The normalized spacial score (nSPS) is 10.1. The van der Waals surface area contributed by atoms with Gasteiger partial charge in [-0.2, -0.15) is 0 Å². The Morgan fingerprint density at radius 3 is 2.48 bits per heavy atom. The summed E-state index contributed by atoms with van der Waals surface area (Å²) in [7, 11) is 5.27. The lowest BCUT2D eigenvalue weighted by Crippen LogP contribution is -2.15. The average Bonchev–Trinajstić information content (AvgIpc) is 2.47. The lowest BCUT2D eigenvalue weighted by molar-refractivity contribution is 0.102. The average molecular weight is 306 g/mol. The first kappa shape index (κ1) is 15.1. The molecule has 1 aromatic carbocycles. The number of rotatable bonds is 4. The molecular formula is C15H16ClN3O2. The van der Waals surface area contributed by atoms with Crippen LogP contribution in [-0.4, -0.2) is 32.1 Å². The van der Waals surface area contributed by atoms with Crippen molar-refractivity contribution in [1.82, 2.24) is 4.98 Å². The van der Waals surface area contributed by atoms with Crippen LogP contribution in [0.4, 0.5) is 11.5 Å². The molecule has 1 heterocycles. The number of hydrogen-bond donors (Lipinski definition) is 1. The Hall–Kier alpha value is -2.27. The Kier molecular flexibility index (Phi) is 4.65. The molecule has 0 radical (unpaired) electrons. The van der Waals surface area contributed by atoms with Crippen molar-refractivity contribution in [2.45, 2.75) is 0 Å². The highest BCUT2D eigenvalue weighted by atomic mass is 35.5. The minimum Gasteiger partial charge on any atom is -0.497 e. The van der Waals surface area contributed by atoms with Crippen molar-refractivity contribution in [3.05, 3.63) is 47.1 Å². The molecule has 0 bridgehead atoms. The van der Waals surface area contributed by atoms with E-state index in [0.29, 0.717) is 17.1 Å². The van der Waals surface area contributed by atoms with Gasteiger partial charge in [-0.3, -0.25) is 4.79 Å². The van der Waals surface area contributed by atoms with Crippen LogP contribution in [0, 0.1) is 0 Å². The number of ether oxygens (including phenoxy) is 1. The monoisotopic (exact) mass is 305 g/mol. The van der Waals surface area contributed by atoms with Gasteiger partial charge in [-0.15, -0.1) is 0 Å². The number of benzene rings is 1. The van der Waals surface area contributed by atoms with Gasteiger partial charge in [0.15, 0.2) is 0 Å². The van der Waals surface area contributed by atoms with Crippen molar-refractivity contribution < 1.29 is 9.53 Å². The molecule has 21 heavy (non-hydrogen) atoms. The maximum absolute atomic E-state index is 12.2. The molecule has 0 aliphatic heterocycles. The third-order valence-corrected chi connectivity index (χ3v) is 3.04. The van der Waals surface area contributed by atoms with Gasteiger partial charge < -0.3 is 15.0 Å². The van der Waals surface area contributed by atoms with Crippen LogP contribution >= 0.6 is 11.6 Å². The SMILES string of the molecule is COc1ccc(NC(=O)c2cc(Cl)nc(N(C)C)c2)cc1. The van der Waals surface area contributed by atoms with Gasteiger partial charge in [0.05, 0.1) is 7.11 Å². The number of pyridine rings is 1. The first-order valence-corrected chi connectivity index (χ1v) is 6.67. The quantitative estimate of drug-likeness (QED) is 0.882. The molecule has 2 aromatic rings. The van der Waals surface area contributed by atoms with Crippen molar-refractivity contribution in [3.63, 3.8) is 0 Å². The van der Waals surface area contributed by atoms with Crippen molar-refractivity contribution >= 4 is 29.0 Å². The first-order chi connectivity index (χ1) is 9.99. The molecule has 1 N–H and O–H groups in total. The third-order valence-electron chi connectivity index (χ3n) is 2.85. The summed E-state index contributed by atoms with van der Waals surface area (Å²) >= 11 is 5.95. The summed E-state index contributed by atoms with van der Waals surface area (Å²) in [5, 5.41) is 3.08. The second-order valence-electron chi connectivity index (χ2n) is 4.61. The Labute approximate surface area is 128 Å². The van der Waals surface area contributed by atoms with E-state index in [2.05, 4.69) is 10.3 Å². The number of amides is 1. The maximum atomic E-state index is 12.2. The fourth-order valence-corrected chi connectivity index (χ4v) is 1.92. The van der Waals surface area contributed by atoms with E-state index in [-0.39, 0.29) is 11.1 Å². The van der Waals surface area contributed by atoms with Crippen molar-refractivity contribution in [3.8, 4) is 5.75 Å². The molecule has 5 nitrogen and oxygen atoms in total. The van der Waals surface area contributed by atoms with Crippen LogP contribution in [0.1, 0.15) is 10.4 Å². The Bertz CT molecular complexity index is 642. The van der Waals surface area contributed by atoms with E-state index in [1.54, 1.807) is 42.3 Å². The molecule has 0 saturated heterocycles. The predicted octanol–water partition coefficient (Wildman–Crippen LogP) is 3.06. The van der Waals surface area contributed by atoms with Crippen LogP contribution < -0.4 is 15.0 Å². The summed E-state index contributed by atoms with van der Waals surface area (Å²) in [4.78, 5) is 18.2. The maximum Gasteiger partial charge on any atom is 0.255 e. The number of carbonyl (C=O) groups excluding carboxylic acids is 1. The Balaban J connectivity index is 2.19. The molecule has 1 amide bonds. The van der Waals surface area contributed by atoms with Gasteiger partial charge in [-0.05, 0) is 36.4 Å². The molecule has 2 rings (SSSR count). The van der Waals surface area contributed by atoms with Gasteiger partial charge in [0.25, 0.3) is 5.91 Å². The number of nitrogens with one attached hydrogen (secondary N) is 1. The fourth-order valence-electron chi connectivity index (χ4n) is 1.72. The van der Waals surface area contributed by atoms with Crippen LogP contribution in [0.15, 0.2) is 36.4 Å². The van der Waals surface area contributed by atoms with Crippen molar-refractivity contribution in [2.75, 3.05) is 31.4 Å². The molecule has 0 aliphatic carbocycles. The number of carbonyl (C=O) groups is 1. The molecule has 0 atom stereocenters. The number of aromatic nitrogens is 1. The summed E-state index contributed by atoms with van der Waals surface area (Å²) < 4.78 is 5.07. The minimum absolute atomic E-state index is 0.243. The molecular weight excluding hydrogens is 290 g/mol. The number of halogens is 1. The third kappa shape index (κ3) is 3.86. The zero-order valence-electron chi connectivity index (χ0n) is 12.1. The van der Waals surface area contributed by atoms with E-state index in [1.807, 2.05) is 14.1 Å². The zero-order valence-corrected chi connectivity index (χ0v) is 12.8. The number of hydrogen-bond acceptors (Lipinski definition) is 4. The van der Waals surface area contributed by atoms with E-state index in [4.69, 9.17) is 16.3 Å².